The summed E-state index contributed by atoms with van der Waals surface area (Å²) in [4.78, 5) is 20.9. The van der Waals surface area contributed by atoms with E-state index in [-0.39, 0.29) is 17.4 Å². The van der Waals surface area contributed by atoms with E-state index >= 15 is 0 Å². The molecule has 0 fully saturated rings. The molecule has 0 spiro atoms. The Morgan fingerprint density at radius 2 is 1.89 bits per heavy atom. The van der Waals surface area contributed by atoms with Crippen molar-refractivity contribution in [3.8, 4) is 0 Å². The average molecular weight is 399 g/mol. The number of carbonyl (C=O) groups excluding carboxylic acids is 1. The lowest BCUT2D eigenvalue weighted by Gasteiger charge is -2.10. The Hall–Kier alpha value is -2.99. The minimum atomic E-state index is -0.341. The van der Waals surface area contributed by atoms with E-state index in [1.165, 1.54) is 6.07 Å². The van der Waals surface area contributed by atoms with Gasteiger partial charge in [-0.2, -0.15) is 0 Å². The van der Waals surface area contributed by atoms with Crippen LogP contribution in [-0.2, 0) is 6.42 Å². The number of aromatic nitrogens is 2. The van der Waals surface area contributed by atoms with Crippen molar-refractivity contribution in [2.45, 2.75) is 20.3 Å². The minimum absolute atomic E-state index is 0.238. The molecule has 0 saturated heterocycles. The van der Waals surface area contributed by atoms with Crippen LogP contribution in [0.25, 0.3) is 0 Å². The molecule has 28 heavy (non-hydrogen) atoms. The lowest BCUT2D eigenvalue weighted by Crippen LogP contribution is -2.27. The number of amides is 1. The van der Waals surface area contributed by atoms with Crippen LogP contribution in [0.2, 0.25) is 5.02 Å². The smallest absolute Gasteiger partial charge is 0.270 e. The van der Waals surface area contributed by atoms with Crippen molar-refractivity contribution in [3.63, 3.8) is 0 Å². The number of aryl methyl sites for hydroxylation is 2. The van der Waals surface area contributed by atoms with Crippen molar-refractivity contribution in [2.24, 2.45) is 0 Å². The largest absolute Gasteiger partial charge is 0.350 e. The van der Waals surface area contributed by atoms with Gasteiger partial charge in [-0.1, -0.05) is 35.9 Å². The van der Waals surface area contributed by atoms with Crippen molar-refractivity contribution in [1.82, 2.24) is 15.3 Å². The maximum atomic E-state index is 13.7. The summed E-state index contributed by atoms with van der Waals surface area (Å²) in [5, 5.41) is 6.54. The van der Waals surface area contributed by atoms with Gasteiger partial charge in [-0.25, -0.2) is 14.4 Å². The van der Waals surface area contributed by atoms with Gasteiger partial charge in [0, 0.05) is 23.3 Å². The molecule has 144 valence electrons. The standard InChI is InChI=1S/C21H20ClFN4O/c1-13-7-8-16(11-17(13)22)27-20-12-19(25-14(2)26-20)21(28)24-10-9-15-5-3-4-6-18(15)23/h3-8,11-12H,9-10H2,1-2H3,(H,24,28)(H,25,26,27). The van der Waals surface area contributed by atoms with E-state index in [1.54, 1.807) is 37.3 Å². The molecule has 1 heterocycles. The summed E-state index contributed by atoms with van der Waals surface area (Å²) >= 11 is 6.15. The summed E-state index contributed by atoms with van der Waals surface area (Å²) in [5.41, 5.74) is 2.53. The molecule has 7 heteroatoms. The second-order valence-corrected chi connectivity index (χ2v) is 6.78. The van der Waals surface area contributed by atoms with E-state index in [9.17, 15) is 9.18 Å². The molecule has 2 aromatic carbocycles. The zero-order valence-electron chi connectivity index (χ0n) is 15.6. The van der Waals surface area contributed by atoms with E-state index in [4.69, 9.17) is 11.6 Å². The molecule has 0 atom stereocenters. The molecule has 3 aromatic rings. The van der Waals surface area contributed by atoms with Gasteiger partial charge in [0.05, 0.1) is 0 Å². The Bertz CT molecular complexity index is 1010. The summed E-state index contributed by atoms with van der Waals surface area (Å²) in [6.45, 7) is 3.94. The van der Waals surface area contributed by atoms with Gasteiger partial charge in [0.1, 0.15) is 23.2 Å². The molecule has 0 radical (unpaired) electrons. The number of benzene rings is 2. The van der Waals surface area contributed by atoms with E-state index in [0.717, 1.165) is 11.3 Å². The van der Waals surface area contributed by atoms with Gasteiger partial charge >= 0.3 is 0 Å². The van der Waals surface area contributed by atoms with Crippen LogP contribution in [-0.4, -0.2) is 22.4 Å². The predicted octanol–water partition coefficient (Wildman–Crippen LogP) is 4.60. The quantitative estimate of drug-likeness (QED) is 0.636. The van der Waals surface area contributed by atoms with Crippen LogP contribution in [0.15, 0.2) is 48.5 Å². The zero-order chi connectivity index (χ0) is 20.1. The van der Waals surface area contributed by atoms with Crippen LogP contribution in [0.4, 0.5) is 15.9 Å². The number of carbonyl (C=O) groups is 1. The van der Waals surface area contributed by atoms with Crippen molar-refractivity contribution >= 4 is 29.0 Å². The fourth-order valence-corrected chi connectivity index (χ4v) is 2.85. The van der Waals surface area contributed by atoms with Crippen LogP contribution < -0.4 is 10.6 Å². The molecule has 0 saturated carbocycles. The van der Waals surface area contributed by atoms with Gasteiger partial charge in [-0.3, -0.25) is 4.79 Å². The van der Waals surface area contributed by atoms with Crippen molar-refractivity contribution in [2.75, 3.05) is 11.9 Å². The first-order valence-corrected chi connectivity index (χ1v) is 9.20. The highest BCUT2D eigenvalue weighted by molar-refractivity contribution is 6.31. The van der Waals surface area contributed by atoms with E-state index in [1.807, 2.05) is 19.1 Å². The van der Waals surface area contributed by atoms with Crippen molar-refractivity contribution < 1.29 is 9.18 Å². The predicted molar refractivity (Wildman–Crippen MR) is 109 cm³/mol. The highest BCUT2D eigenvalue weighted by Gasteiger charge is 2.11. The van der Waals surface area contributed by atoms with Crippen LogP contribution in [0.1, 0.15) is 27.4 Å². The van der Waals surface area contributed by atoms with Gasteiger partial charge in [-0.05, 0) is 49.6 Å². The molecule has 0 aliphatic carbocycles. The van der Waals surface area contributed by atoms with E-state index in [2.05, 4.69) is 20.6 Å². The Morgan fingerprint density at radius 1 is 1.11 bits per heavy atom. The van der Waals surface area contributed by atoms with Crippen molar-refractivity contribution in [3.05, 3.63) is 82.0 Å². The third kappa shape index (κ3) is 5.04. The average Bonchev–Trinajstić information content (AvgIpc) is 2.66. The number of nitrogens with zero attached hydrogens (tertiary/aromatic N) is 2. The summed E-state index contributed by atoms with van der Waals surface area (Å²) in [7, 11) is 0. The second-order valence-electron chi connectivity index (χ2n) is 6.37. The fraction of sp³-hybridized carbons (Fsp3) is 0.190. The topological polar surface area (TPSA) is 66.9 Å². The molecule has 0 unspecified atom stereocenters. The maximum Gasteiger partial charge on any atom is 0.270 e. The molecule has 0 aliphatic rings. The van der Waals surface area contributed by atoms with Crippen LogP contribution in [0.5, 0.6) is 0 Å². The fourth-order valence-electron chi connectivity index (χ4n) is 2.67. The zero-order valence-corrected chi connectivity index (χ0v) is 16.3. The lowest BCUT2D eigenvalue weighted by atomic mass is 10.1. The first-order valence-electron chi connectivity index (χ1n) is 8.83. The first kappa shape index (κ1) is 19.8. The van der Waals surface area contributed by atoms with Gasteiger partial charge in [0.2, 0.25) is 0 Å². The summed E-state index contributed by atoms with van der Waals surface area (Å²) in [5.74, 6) is 0.332. The Kier molecular flexibility index (Phi) is 6.21. The SMILES string of the molecule is Cc1nc(Nc2ccc(C)c(Cl)c2)cc(C(=O)NCCc2ccccc2F)n1. The number of nitrogens with one attached hydrogen (secondary N) is 2. The maximum absolute atomic E-state index is 13.7. The highest BCUT2D eigenvalue weighted by Crippen LogP contribution is 2.22. The molecule has 0 bridgehead atoms. The van der Waals surface area contributed by atoms with Crippen molar-refractivity contribution in [1.29, 1.82) is 0 Å². The minimum Gasteiger partial charge on any atom is -0.350 e. The van der Waals surface area contributed by atoms with Gasteiger partial charge in [0.15, 0.2) is 0 Å². The number of halogens is 2. The third-order valence-corrected chi connectivity index (χ3v) is 4.56. The van der Waals surface area contributed by atoms with Gasteiger partial charge in [0.25, 0.3) is 5.91 Å². The Morgan fingerprint density at radius 3 is 2.64 bits per heavy atom. The van der Waals surface area contributed by atoms with Crippen LogP contribution in [0, 0.1) is 19.7 Å². The molecular formula is C21H20ClFN4O. The van der Waals surface area contributed by atoms with E-state index in [0.29, 0.717) is 35.2 Å². The molecule has 3 rings (SSSR count). The summed E-state index contributed by atoms with van der Waals surface area (Å²) < 4.78 is 13.7. The van der Waals surface area contributed by atoms with E-state index < -0.39 is 0 Å². The van der Waals surface area contributed by atoms with Crippen LogP contribution >= 0.6 is 11.6 Å². The number of anilines is 2. The highest BCUT2D eigenvalue weighted by atomic mass is 35.5. The lowest BCUT2D eigenvalue weighted by molar-refractivity contribution is 0.0948. The van der Waals surface area contributed by atoms with Gasteiger partial charge in [-0.15, -0.1) is 0 Å². The molecule has 0 aliphatic heterocycles. The normalized spacial score (nSPS) is 10.6. The Labute approximate surface area is 168 Å². The summed E-state index contributed by atoms with van der Waals surface area (Å²) in [6, 6.07) is 13.6. The third-order valence-electron chi connectivity index (χ3n) is 4.15. The molecule has 1 aromatic heterocycles. The molecule has 2 N–H and O–H groups in total. The number of hydrogen-bond donors (Lipinski definition) is 2. The summed E-state index contributed by atoms with van der Waals surface area (Å²) in [6.07, 6.45) is 0.398. The monoisotopic (exact) mass is 398 g/mol. The Balaban J connectivity index is 1.67. The molecule has 1 amide bonds. The van der Waals surface area contributed by atoms with Gasteiger partial charge < -0.3 is 10.6 Å². The van der Waals surface area contributed by atoms with Crippen LogP contribution in [0.3, 0.4) is 0 Å². The second kappa shape index (κ2) is 8.80. The molecular weight excluding hydrogens is 379 g/mol. The first-order chi connectivity index (χ1) is 13.4. The molecule has 5 nitrogen and oxygen atoms in total. The number of hydrogen-bond acceptors (Lipinski definition) is 4. The number of rotatable bonds is 6.